The lowest BCUT2D eigenvalue weighted by molar-refractivity contribution is -0.250. The summed E-state index contributed by atoms with van der Waals surface area (Å²) >= 11 is 0. The fourth-order valence-electron chi connectivity index (χ4n) is 13.5. The van der Waals surface area contributed by atoms with E-state index in [4.69, 9.17) is 4.74 Å². The highest BCUT2D eigenvalue weighted by Gasteiger charge is 2.71. The van der Waals surface area contributed by atoms with Crippen LogP contribution in [0.25, 0.3) is 0 Å². The standard InChI is InChI=1S/C43H63NO5/c1-27(2)29-17-22-43(25-34(45)44-28-13-11-10-12-14-28)24-23-41(8)30(36(29)43)15-16-32-40(7)20-19-33(49-35(46)26-38(3,4)37(47)48)39(5,6)31(40)18-21-42(32,41)9/h10-14,29-33,36H,1,15-26H2,2-9H3,(H,44,45)(H,47,48)/t29-,30+,31-,32+,33-,36+,40-,41+,42+,43+/m0/s1. The summed E-state index contributed by atoms with van der Waals surface area (Å²) in [5.41, 5.74) is 1.37. The second-order valence-corrected chi connectivity index (χ2v) is 19.3. The van der Waals surface area contributed by atoms with Crippen LogP contribution in [-0.2, 0) is 19.1 Å². The van der Waals surface area contributed by atoms with Crippen molar-refractivity contribution in [1.82, 2.24) is 0 Å². The molecule has 49 heavy (non-hydrogen) atoms. The minimum absolute atomic E-state index is 0.0239. The van der Waals surface area contributed by atoms with E-state index in [1.807, 2.05) is 30.3 Å². The van der Waals surface area contributed by atoms with Gasteiger partial charge in [-0.15, -0.1) is 0 Å². The third kappa shape index (κ3) is 5.70. The van der Waals surface area contributed by atoms with E-state index in [9.17, 15) is 19.5 Å². The first-order chi connectivity index (χ1) is 22.8. The van der Waals surface area contributed by atoms with E-state index >= 15 is 0 Å². The summed E-state index contributed by atoms with van der Waals surface area (Å²) in [7, 11) is 0. The summed E-state index contributed by atoms with van der Waals surface area (Å²) in [6.45, 7) is 22.4. The van der Waals surface area contributed by atoms with E-state index in [1.54, 1.807) is 13.8 Å². The van der Waals surface area contributed by atoms with Gasteiger partial charge in [0.2, 0.25) is 5.91 Å². The Morgan fingerprint density at radius 1 is 0.878 bits per heavy atom. The van der Waals surface area contributed by atoms with Crippen LogP contribution in [0.2, 0.25) is 0 Å². The van der Waals surface area contributed by atoms with Gasteiger partial charge in [-0.3, -0.25) is 14.4 Å². The van der Waals surface area contributed by atoms with Gasteiger partial charge in [-0.05, 0) is 148 Å². The van der Waals surface area contributed by atoms with E-state index in [0.717, 1.165) is 44.2 Å². The Kier molecular flexibility index (Phi) is 9.05. The maximum Gasteiger partial charge on any atom is 0.309 e. The summed E-state index contributed by atoms with van der Waals surface area (Å²) in [5.74, 6) is 1.32. The lowest BCUT2D eigenvalue weighted by atomic mass is 9.32. The molecular formula is C43H63NO5. The molecule has 5 aliphatic rings. The summed E-state index contributed by atoms with van der Waals surface area (Å²) in [6.07, 6.45) is 11.4. The Morgan fingerprint density at radius 2 is 1.57 bits per heavy atom. The molecule has 0 aliphatic heterocycles. The number of carbonyl (C=O) groups is 3. The average Bonchev–Trinajstić information content (AvgIpc) is 3.38. The summed E-state index contributed by atoms with van der Waals surface area (Å²) < 4.78 is 6.17. The second kappa shape index (κ2) is 12.3. The normalized spacial score (nSPS) is 40.9. The Morgan fingerprint density at radius 3 is 2.22 bits per heavy atom. The Labute approximate surface area is 295 Å². The average molecular weight is 674 g/mol. The van der Waals surface area contributed by atoms with Gasteiger partial charge in [-0.2, -0.15) is 0 Å². The number of allylic oxidation sites excluding steroid dienone is 1. The van der Waals surface area contributed by atoms with Crippen LogP contribution < -0.4 is 5.32 Å². The van der Waals surface area contributed by atoms with E-state index < -0.39 is 17.4 Å². The molecule has 6 rings (SSSR count). The zero-order valence-electron chi connectivity index (χ0n) is 31.6. The Bertz CT molecular complexity index is 1480. The van der Waals surface area contributed by atoms with Crippen molar-refractivity contribution in [2.75, 3.05) is 5.32 Å². The van der Waals surface area contributed by atoms with Gasteiger partial charge in [0.1, 0.15) is 6.10 Å². The molecule has 1 aromatic rings. The molecule has 6 heteroatoms. The fraction of sp³-hybridized carbons (Fsp3) is 0.744. The first-order valence-electron chi connectivity index (χ1n) is 19.2. The molecular weight excluding hydrogens is 610 g/mol. The van der Waals surface area contributed by atoms with Gasteiger partial charge in [0.25, 0.3) is 0 Å². The van der Waals surface area contributed by atoms with Crippen molar-refractivity contribution >= 4 is 23.5 Å². The topological polar surface area (TPSA) is 92.7 Å². The largest absolute Gasteiger partial charge is 0.481 e. The minimum atomic E-state index is -1.14. The lowest BCUT2D eigenvalue weighted by Crippen LogP contribution is -2.66. The molecule has 0 saturated heterocycles. The van der Waals surface area contributed by atoms with Crippen molar-refractivity contribution in [2.24, 2.45) is 62.1 Å². The van der Waals surface area contributed by atoms with Crippen LogP contribution in [0.4, 0.5) is 5.69 Å². The number of hydrogen-bond acceptors (Lipinski definition) is 4. The van der Waals surface area contributed by atoms with Crippen molar-refractivity contribution in [1.29, 1.82) is 0 Å². The number of para-hydroxylation sites is 1. The van der Waals surface area contributed by atoms with Gasteiger partial charge < -0.3 is 15.2 Å². The number of ether oxygens (including phenoxy) is 1. The van der Waals surface area contributed by atoms with Crippen LogP contribution >= 0.6 is 0 Å². The predicted octanol–water partition coefficient (Wildman–Crippen LogP) is 10.1. The van der Waals surface area contributed by atoms with E-state index in [2.05, 4.69) is 53.4 Å². The van der Waals surface area contributed by atoms with Crippen molar-refractivity contribution in [3.8, 4) is 0 Å². The number of benzene rings is 1. The lowest BCUT2D eigenvalue weighted by Gasteiger charge is -2.73. The number of nitrogens with one attached hydrogen (secondary N) is 1. The number of fused-ring (bicyclic) bond motifs is 7. The predicted molar refractivity (Wildman–Crippen MR) is 195 cm³/mol. The van der Waals surface area contributed by atoms with Gasteiger partial charge in [0.15, 0.2) is 0 Å². The molecule has 10 atom stereocenters. The molecule has 270 valence electrons. The molecule has 0 bridgehead atoms. The van der Waals surface area contributed by atoms with Crippen LogP contribution in [-0.4, -0.2) is 29.1 Å². The van der Waals surface area contributed by atoms with E-state index in [-0.39, 0.29) is 45.5 Å². The van der Waals surface area contributed by atoms with Gasteiger partial charge in [-0.1, -0.05) is 65.0 Å². The third-order valence-electron chi connectivity index (χ3n) is 16.2. The van der Waals surface area contributed by atoms with Crippen LogP contribution in [0.15, 0.2) is 42.5 Å². The van der Waals surface area contributed by atoms with Crippen molar-refractivity contribution in [3.05, 3.63) is 42.5 Å². The molecule has 6 nitrogen and oxygen atoms in total. The molecule has 1 amide bonds. The highest BCUT2D eigenvalue weighted by atomic mass is 16.5. The molecule has 1 aromatic carbocycles. The number of amides is 1. The van der Waals surface area contributed by atoms with Crippen molar-refractivity contribution in [2.45, 2.75) is 139 Å². The Hall–Kier alpha value is -2.63. The van der Waals surface area contributed by atoms with Gasteiger partial charge in [0.05, 0.1) is 11.8 Å². The van der Waals surface area contributed by atoms with Crippen LogP contribution in [0.1, 0.15) is 132 Å². The van der Waals surface area contributed by atoms with Crippen molar-refractivity contribution < 1.29 is 24.2 Å². The molecule has 0 heterocycles. The monoisotopic (exact) mass is 673 g/mol. The van der Waals surface area contributed by atoms with Gasteiger partial charge in [0, 0.05) is 17.5 Å². The number of esters is 1. The smallest absolute Gasteiger partial charge is 0.309 e. The van der Waals surface area contributed by atoms with Crippen LogP contribution in [0, 0.1) is 62.1 Å². The molecule has 0 radical (unpaired) electrons. The van der Waals surface area contributed by atoms with E-state index in [1.165, 1.54) is 31.3 Å². The highest BCUT2D eigenvalue weighted by Crippen LogP contribution is 2.78. The molecule has 0 aromatic heterocycles. The number of rotatable bonds is 8. The summed E-state index contributed by atoms with van der Waals surface area (Å²) in [6, 6.07) is 9.90. The molecule has 5 saturated carbocycles. The number of carbonyl (C=O) groups excluding carboxylic acids is 2. The molecule has 5 fully saturated rings. The van der Waals surface area contributed by atoms with Crippen LogP contribution in [0.5, 0.6) is 0 Å². The van der Waals surface area contributed by atoms with Crippen LogP contribution in [0.3, 0.4) is 0 Å². The number of carboxylic acid groups (broad SMARTS) is 1. The number of hydrogen-bond donors (Lipinski definition) is 2. The quantitative estimate of drug-likeness (QED) is 0.212. The summed E-state index contributed by atoms with van der Waals surface area (Å²) in [5, 5.41) is 12.8. The zero-order chi connectivity index (χ0) is 35.8. The van der Waals surface area contributed by atoms with Crippen molar-refractivity contribution in [3.63, 3.8) is 0 Å². The minimum Gasteiger partial charge on any atom is -0.481 e. The maximum atomic E-state index is 13.7. The SMILES string of the molecule is C=C(C)[C@@H]1CC[C@]2(CC(=O)Nc3ccccc3)CC[C@]3(C)[C@H](CC[C@@H]4[C@@]5(C)CC[C@H](OC(=O)CC(C)(C)C(=O)O)C(C)(C)[C@@H]5CC[C@]43C)[C@@H]12. The molecule has 5 aliphatic carbocycles. The molecule has 0 unspecified atom stereocenters. The third-order valence-corrected chi connectivity index (χ3v) is 16.2. The Balaban J connectivity index is 1.25. The summed E-state index contributed by atoms with van der Waals surface area (Å²) in [4.78, 5) is 38.5. The maximum absolute atomic E-state index is 13.7. The first-order valence-corrected chi connectivity index (χ1v) is 19.2. The fourth-order valence-corrected chi connectivity index (χ4v) is 13.5. The van der Waals surface area contributed by atoms with Gasteiger partial charge in [-0.25, -0.2) is 0 Å². The van der Waals surface area contributed by atoms with Gasteiger partial charge >= 0.3 is 11.9 Å². The van der Waals surface area contributed by atoms with E-state index in [0.29, 0.717) is 36.0 Å². The highest BCUT2D eigenvalue weighted by molar-refractivity contribution is 5.91. The number of carboxylic acids is 1. The number of aliphatic carboxylic acids is 1. The second-order valence-electron chi connectivity index (χ2n) is 19.3. The first kappa shape index (κ1) is 36.2. The number of anilines is 1. The molecule has 0 spiro atoms. The zero-order valence-corrected chi connectivity index (χ0v) is 31.6. The molecule has 2 N–H and O–H groups in total.